The van der Waals surface area contributed by atoms with Gasteiger partial charge in [-0.15, -0.1) is 0 Å². The highest BCUT2D eigenvalue weighted by atomic mass is 16.5. The molecule has 5 heteroatoms. The fraction of sp³-hybridized carbons (Fsp3) is 0.263. The standard InChI is InChI=1S/C19H20N2O3/c1-14(22)21(16-7-9-17(24-2)10-8-16)13-19(23)20-12-11-15-5-3-4-6-18(15)20/h3-10H,11-13H2,1-2H3. The molecule has 2 aromatic rings. The lowest BCUT2D eigenvalue weighted by atomic mass is 10.2. The summed E-state index contributed by atoms with van der Waals surface area (Å²) in [6.07, 6.45) is 0.852. The Labute approximate surface area is 141 Å². The number of hydrogen-bond donors (Lipinski definition) is 0. The summed E-state index contributed by atoms with van der Waals surface area (Å²) in [5.74, 6) is 0.467. The molecule has 0 aromatic heterocycles. The maximum Gasteiger partial charge on any atom is 0.247 e. The Morgan fingerprint density at radius 3 is 2.50 bits per heavy atom. The fourth-order valence-corrected chi connectivity index (χ4v) is 2.96. The lowest BCUT2D eigenvalue weighted by Crippen LogP contribution is -2.41. The van der Waals surface area contributed by atoms with Gasteiger partial charge in [0.05, 0.1) is 7.11 Å². The third-order valence-corrected chi connectivity index (χ3v) is 4.25. The van der Waals surface area contributed by atoms with E-state index in [9.17, 15) is 9.59 Å². The van der Waals surface area contributed by atoms with Crippen LogP contribution in [0.25, 0.3) is 0 Å². The van der Waals surface area contributed by atoms with Crippen LogP contribution in [0, 0.1) is 0 Å². The molecule has 0 fully saturated rings. The summed E-state index contributed by atoms with van der Waals surface area (Å²) in [6.45, 7) is 2.15. The molecule has 0 saturated heterocycles. The number of carbonyl (C=O) groups is 2. The highest BCUT2D eigenvalue weighted by molar-refractivity contribution is 6.03. The van der Waals surface area contributed by atoms with Crippen molar-refractivity contribution in [2.24, 2.45) is 0 Å². The molecule has 0 bridgehead atoms. The first kappa shape index (κ1) is 16.1. The third kappa shape index (κ3) is 3.11. The van der Waals surface area contributed by atoms with E-state index in [2.05, 4.69) is 0 Å². The van der Waals surface area contributed by atoms with Crippen LogP contribution in [0.4, 0.5) is 11.4 Å². The molecule has 0 N–H and O–H groups in total. The normalized spacial score (nSPS) is 12.7. The number of methoxy groups -OCH3 is 1. The summed E-state index contributed by atoms with van der Waals surface area (Å²) in [5, 5.41) is 0. The van der Waals surface area contributed by atoms with Crippen molar-refractivity contribution >= 4 is 23.2 Å². The lowest BCUT2D eigenvalue weighted by Gasteiger charge is -2.24. The molecular weight excluding hydrogens is 304 g/mol. The maximum absolute atomic E-state index is 12.7. The van der Waals surface area contributed by atoms with E-state index < -0.39 is 0 Å². The van der Waals surface area contributed by atoms with Gasteiger partial charge in [0.15, 0.2) is 0 Å². The van der Waals surface area contributed by atoms with Crippen molar-refractivity contribution in [3.8, 4) is 5.75 Å². The zero-order valence-corrected chi connectivity index (χ0v) is 13.9. The number of ether oxygens (including phenoxy) is 1. The van der Waals surface area contributed by atoms with Crippen LogP contribution in [-0.2, 0) is 16.0 Å². The number of hydrogen-bond acceptors (Lipinski definition) is 3. The van der Waals surface area contributed by atoms with Crippen LogP contribution >= 0.6 is 0 Å². The number of benzene rings is 2. The minimum Gasteiger partial charge on any atom is -0.497 e. The molecule has 3 rings (SSSR count). The molecule has 0 aliphatic carbocycles. The number of carbonyl (C=O) groups excluding carboxylic acids is 2. The molecule has 2 aromatic carbocycles. The smallest absolute Gasteiger partial charge is 0.247 e. The molecule has 0 saturated carbocycles. The second-order valence-corrected chi connectivity index (χ2v) is 5.73. The third-order valence-electron chi connectivity index (χ3n) is 4.25. The van der Waals surface area contributed by atoms with Gasteiger partial charge in [-0.2, -0.15) is 0 Å². The highest BCUT2D eigenvalue weighted by Gasteiger charge is 2.26. The number of fused-ring (bicyclic) bond motifs is 1. The Morgan fingerprint density at radius 1 is 1.12 bits per heavy atom. The van der Waals surface area contributed by atoms with E-state index in [0.29, 0.717) is 18.0 Å². The topological polar surface area (TPSA) is 49.9 Å². The van der Waals surface area contributed by atoms with Crippen molar-refractivity contribution in [2.45, 2.75) is 13.3 Å². The summed E-state index contributed by atoms with van der Waals surface area (Å²) in [5.41, 5.74) is 2.80. The van der Waals surface area contributed by atoms with Gasteiger partial charge >= 0.3 is 0 Å². The van der Waals surface area contributed by atoms with E-state index in [1.807, 2.05) is 24.3 Å². The van der Waals surface area contributed by atoms with E-state index in [-0.39, 0.29) is 18.4 Å². The SMILES string of the molecule is COc1ccc(N(CC(=O)N2CCc3ccccc32)C(C)=O)cc1. The number of anilines is 2. The van der Waals surface area contributed by atoms with E-state index in [0.717, 1.165) is 12.1 Å². The molecule has 0 spiro atoms. The van der Waals surface area contributed by atoms with Crippen LogP contribution in [0.2, 0.25) is 0 Å². The van der Waals surface area contributed by atoms with Gasteiger partial charge in [0.2, 0.25) is 11.8 Å². The van der Waals surface area contributed by atoms with Crippen molar-refractivity contribution in [1.82, 2.24) is 0 Å². The summed E-state index contributed by atoms with van der Waals surface area (Å²) in [4.78, 5) is 28.0. The van der Waals surface area contributed by atoms with Gasteiger partial charge in [0.1, 0.15) is 12.3 Å². The number of para-hydroxylation sites is 1. The van der Waals surface area contributed by atoms with Gasteiger partial charge in [0.25, 0.3) is 0 Å². The average molecular weight is 324 g/mol. The summed E-state index contributed by atoms with van der Waals surface area (Å²) >= 11 is 0. The van der Waals surface area contributed by atoms with Crippen molar-refractivity contribution in [3.05, 3.63) is 54.1 Å². The number of amides is 2. The van der Waals surface area contributed by atoms with Gasteiger partial charge in [-0.05, 0) is 42.3 Å². The molecule has 0 unspecified atom stereocenters. The van der Waals surface area contributed by atoms with E-state index in [1.165, 1.54) is 17.4 Å². The zero-order chi connectivity index (χ0) is 17.1. The van der Waals surface area contributed by atoms with Crippen molar-refractivity contribution < 1.29 is 14.3 Å². The van der Waals surface area contributed by atoms with Crippen LogP contribution in [0.3, 0.4) is 0 Å². The Hall–Kier alpha value is -2.82. The largest absolute Gasteiger partial charge is 0.497 e. The maximum atomic E-state index is 12.7. The second kappa shape index (κ2) is 6.74. The average Bonchev–Trinajstić information content (AvgIpc) is 3.03. The zero-order valence-electron chi connectivity index (χ0n) is 13.9. The van der Waals surface area contributed by atoms with E-state index in [4.69, 9.17) is 4.74 Å². The molecule has 5 nitrogen and oxygen atoms in total. The Balaban J connectivity index is 1.79. The van der Waals surface area contributed by atoms with Crippen LogP contribution in [-0.4, -0.2) is 32.0 Å². The monoisotopic (exact) mass is 324 g/mol. The summed E-state index contributed by atoms with van der Waals surface area (Å²) in [6, 6.07) is 15.0. The summed E-state index contributed by atoms with van der Waals surface area (Å²) < 4.78 is 5.13. The van der Waals surface area contributed by atoms with Crippen molar-refractivity contribution in [2.75, 3.05) is 30.0 Å². The molecule has 1 aliphatic heterocycles. The van der Waals surface area contributed by atoms with Crippen molar-refractivity contribution in [3.63, 3.8) is 0 Å². The van der Waals surface area contributed by atoms with Gasteiger partial charge < -0.3 is 14.5 Å². The Bertz CT molecular complexity index is 755. The molecular formula is C19H20N2O3. The van der Waals surface area contributed by atoms with Gasteiger partial charge in [-0.1, -0.05) is 18.2 Å². The predicted molar refractivity (Wildman–Crippen MR) is 93.5 cm³/mol. The number of rotatable bonds is 4. The van der Waals surface area contributed by atoms with E-state index >= 15 is 0 Å². The molecule has 1 heterocycles. The predicted octanol–water partition coefficient (Wildman–Crippen LogP) is 2.64. The molecule has 124 valence electrons. The molecule has 1 aliphatic rings. The first-order valence-corrected chi connectivity index (χ1v) is 7.90. The molecule has 24 heavy (non-hydrogen) atoms. The van der Waals surface area contributed by atoms with Crippen LogP contribution in [0.15, 0.2) is 48.5 Å². The highest BCUT2D eigenvalue weighted by Crippen LogP contribution is 2.28. The Kier molecular flexibility index (Phi) is 4.51. The van der Waals surface area contributed by atoms with E-state index in [1.54, 1.807) is 36.3 Å². The minimum atomic E-state index is -0.166. The van der Waals surface area contributed by atoms with Gasteiger partial charge in [-0.3, -0.25) is 9.59 Å². The summed E-state index contributed by atoms with van der Waals surface area (Å²) in [7, 11) is 1.59. The van der Waals surface area contributed by atoms with Gasteiger partial charge in [0, 0.05) is 24.8 Å². The van der Waals surface area contributed by atoms with Crippen molar-refractivity contribution in [1.29, 1.82) is 0 Å². The Morgan fingerprint density at radius 2 is 1.83 bits per heavy atom. The minimum absolute atomic E-state index is 0.0238. The van der Waals surface area contributed by atoms with Crippen LogP contribution in [0.1, 0.15) is 12.5 Å². The quantitative estimate of drug-likeness (QED) is 0.869. The van der Waals surface area contributed by atoms with Crippen LogP contribution < -0.4 is 14.5 Å². The number of nitrogens with zero attached hydrogens (tertiary/aromatic N) is 2. The molecule has 0 radical (unpaired) electrons. The molecule has 2 amide bonds. The van der Waals surface area contributed by atoms with Gasteiger partial charge in [-0.25, -0.2) is 0 Å². The van der Waals surface area contributed by atoms with Crippen LogP contribution in [0.5, 0.6) is 5.75 Å². The molecule has 0 atom stereocenters. The second-order valence-electron chi connectivity index (χ2n) is 5.73. The first-order valence-electron chi connectivity index (χ1n) is 7.90. The first-order chi connectivity index (χ1) is 11.6. The lowest BCUT2D eigenvalue weighted by molar-refractivity contribution is -0.121. The fourth-order valence-electron chi connectivity index (χ4n) is 2.96.